The van der Waals surface area contributed by atoms with Gasteiger partial charge in [-0.2, -0.15) is 0 Å². The molecule has 0 radical (unpaired) electrons. The van der Waals surface area contributed by atoms with Gasteiger partial charge in [0.25, 0.3) is 0 Å². The number of hydrogen-bond acceptors (Lipinski definition) is 0. The van der Waals surface area contributed by atoms with Crippen LogP contribution in [0.2, 0.25) is 0 Å². The fourth-order valence-corrected chi connectivity index (χ4v) is 17.1. The van der Waals surface area contributed by atoms with E-state index in [2.05, 4.69) is 128 Å². The van der Waals surface area contributed by atoms with E-state index in [9.17, 15) is 0 Å². The van der Waals surface area contributed by atoms with Crippen molar-refractivity contribution >= 4 is 15.5 Å². The van der Waals surface area contributed by atoms with Gasteiger partial charge in [-0.05, 0) is 0 Å². The van der Waals surface area contributed by atoms with Crippen LogP contribution in [0.3, 0.4) is 0 Å². The molecule has 0 fully saturated rings. The Bertz CT molecular complexity index is 1050. The quantitative estimate of drug-likeness (QED) is 0.327. The summed E-state index contributed by atoms with van der Waals surface area (Å²) in [4.78, 5) is 0. The Morgan fingerprint density at radius 3 is 0.606 bits per heavy atom. The van der Waals surface area contributed by atoms with E-state index in [1.807, 2.05) is 0 Å². The Labute approximate surface area is 204 Å². The zero-order valence-electron chi connectivity index (χ0n) is 21.4. The molecule has 0 bridgehead atoms. The van der Waals surface area contributed by atoms with Gasteiger partial charge < -0.3 is 0 Å². The van der Waals surface area contributed by atoms with Gasteiger partial charge in [0.2, 0.25) is 0 Å². The van der Waals surface area contributed by atoms with Crippen molar-refractivity contribution in [3.63, 3.8) is 0 Å². The second kappa shape index (κ2) is 9.09. The third-order valence-electron chi connectivity index (χ3n) is 7.42. The molecule has 0 amide bonds. The normalized spacial score (nSPS) is 11.6. The molecule has 0 N–H and O–H groups in total. The molecule has 33 heavy (non-hydrogen) atoms. The van der Waals surface area contributed by atoms with Crippen LogP contribution >= 0.6 is 0 Å². The van der Waals surface area contributed by atoms with Gasteiger partial charge in [0, 0.05) is 0 Å². The van der Waals surface area contributed by atoms with E-state index >= 15 is 0 Å². The third-order valence-corrected chi connectivity index (χ3v) is 17.0. The van der Waals surface area contributed by atoms with E-state index in [0.717, 1.165) is 0 Å². The van der Waals surface area contributed by atoms with Gasteiger partial charge in [0.1, 0.15) is 0 Å². The molecule has 0 nitrogen and oxygen atoms in total. The second-order valence-corrected chi connectivity index (χ2v) is 15.3. The molecule has 0 spiro atoms. The van der Waals surface area contributed by atoms with Gasteiger partial charge in [0.15, 0.2) is 0 Å². The molecule has 0 saturated heterocycles. The standard InChI is InChI=1S/4C8H9.Ti/c4*1-7-4-3-5-8(2)6-7;/h4*3-5H,1-2H3;. The van der Waals surface area contributed by atoms with Crippen LogP contribution < -0.4 is 15.5 Å². The molecular weight excluding hydrogens is 432 g/mol. The van der Waals surface area contributed by atoms with E-state index in [1.165, 1.54) is 44.5 Å². The maximum absolute atomic E-state index is 3.44. The molecular formula is C32H36Ti. The monoisotopic (exact) mass is 468 g/mol. The molecule has 4 aromatic carbocycles. The Hall–Kier alpha value is -2.41. The summed E-state index contributed by atoms with van der Waals surface area (Å²) in [5, 5.41) is 0. The molecule has 0 aromatic heterocycles. The molecule has 0 aliphatic rings. The van der Waals surface area contributed by atoms with Gasteiger partial charge in [-0.1, -0.05) is 0 Å². The van der Waals surface area contributed by atoms with Crippen LogP contribution in [0.1, 0.15) is 44.5 Å². The number of aryl methyl sites for hydroxylation is 8. The summed E-state index contributed by atoms with van der Waals surface area (Å²) in [6, 6.07) is 27.5. The minimum atomic E-state index is -3.44. The fourth-order valence-electron chi connectivity index (χ4n) is 6.37. The zero-order chi connectivity index (χ0) is 23.9. The molecule has 4 aromatic rings. The number of hydrogen-bond donors (Lipinski definition) is 0. The summed E-state index contributed by atoms with van der Waals surface area (Å²) >= 11 is -3.44. The van der Waals surface area contributed by atoms with E-state index in [0.29, 0.717) is 0 Å². The van der Waals surface area contributed by atoms with Crippen LogP contribution in [0.5, 0.6) is 0 Å². The van der Waals surface area contributed by atoms with Gasteiger partial charge >= 0.3 is 205 Å². The molecule has 0 aliphatic carbocycles. The Morgan fingerprint density at radius 1 is 0.303 bits per heavy atom. The first kappa shape index (κ1) is 23.7. The second-order valence-electron chi connectivity index (χ2n) is 9.82. The first-order valence-electron chi connectivity index (χ1n) is 12.0. The molecule has 4 rings (SSSR count). The zero-order valence-corrected chi connectivity index (χ0v) is 23.0. The van der Waals surface area contributed by atoms with Gasteiger partial charge in [-0.25, -0.2) is 0 Å². The molecule has 0 unspecified atom stereocenters. The summed E-state index contributed by atoms with van der Waals surface area (Å²) in [5.74, 6) is 0. The van der Waals surface area contributed by atoms with Crippen molar-refractivity contribution in [3.05, 3.63) is 117 Å². The van der Waals surface area contributed by atoms with E-state index < -0.39 is 16.6 Å². The molecule has 0 atom stereocenters. The fraction of sp³-hybridized carbons (Fsp3) is 0.250. The van der Waals surface area contributed by atoms with Crippen molar-refractivity contribution in [3.8, 4) is 0 Å². The van der Waals surface area contributed by atoms with Gasteiger partial charge in [-0.15, -0.1) is 0 Å². The minimum absolute atomic E-state index is 1.42. The topological polar surface area (TPSA) is 0 Å². The van der Waals surface area contributed by atoms with Gasteiger partial charge in [0.05, 0.1) is 0 Å². The predicted octanol–water partition coefficient (Wildman–Crippen LogP) is 5.91. The number of benzene rings is 4. The van der Waals surface area contributed by atoms with Crippen molar-refractivity contribution in [1.29, 1.82) is 0 Å². The van der Waals surface area contributed by atoms with Crippen LogP contribution in [0, 0.1) is 55.4 Å². The van der Waals surface area contributed by atoms with E-state index in [1.54, 1.807) is 15.5 Å². The summed E-state index contributed by atoms with van der Waals surface area (Å²) in [5.41, 5.74) is 11.4. The van der Waals surface area contributed by atoms with Crippen molar-refractivity contribution in [1.82, 2.24) is 0 Å². The predicted molar refractivity (Wildman–Crippen MR) is 142 cm³/mol. The van der Waals surface area contributed by atoms with Crippen LogP contribution in [-0.4, -0.2) is 0 Å². The molecule has 1 heteroatoms. The summed E-state index contributed by atoms with van der Waals surface area (Å²) < 4.78 is 6.41. The number of rotatable bonds is 4. The Morgan fingerprint density at radius 2 is 0.455 bits per heavy atom. The van der Waals surface area contributed by atoms with Crippen LogP contribution in [0.4, 0.5) is 0 Å². The van der Waals surface area contributed by atoms with Gasteiger partial charge in [-0.3, -0.25) is 0 Å². The summed E-state index contributed by atoms with van der Waals surface area (Å²) in [7, 11) is 0. The Kier molecular flexibility index (Phi) is 6.54. The van der Waals surface area contributed by atoms with Crippen molar-refractivity contribution in [2.24, 2.45) is 0 Å². The average Bonchev–Trinajstić information content (AvgIpc) is 2.73. The molecule has 0 heterocycles. The first-order valence-corrected chi connectivity index (χ1v) is 15.1. The average molecular weight is 469 g/mol. The maximum atomic E-state index is 2.33. The molecule has 0 aliphatic heterocycles. The summed E-state index contributed by atoms with van der Waals surface area (Å²) in [6.45, 7) is 18.6. The first-order chi connectivity index (χ1) is 15.7. The van der Waals surface area contributed by atoms with E-state index in [-0.39, 0.29) is 0 Å². The van der Waals surface area contributed by atoms with E-state index in [4.69, 9.17) is 0 Å². The van der Waals surface area contributed by atoms with Crippen LogP contribution in [0.15, 0.2) is 72.8 Å². The third kappa shape index (κ3) is 3.74. The SMILES string of the molecule is Cc1cccc(C)[c]1[Ti]([c]1c(C)cccc1C)([c]1c(C)cccc1C)[c]1c(C)cccc1C. The molecule has 0 saturated carbocycles. The molecule has 168 valence electrons. The van der Waals surface area contributed by atoms with Crippen LogP contribution in [0.25, 0.3) is 0 Å². The van der Waals surface area contributed by atoms with Crippen molar-refractivity contribution in [2.75, 3.05) is 0 Å². The van der Waals surface area contributed by atoms with Crippen molar-refractivity contribution < 1.29 is 16.6 Å². The Balaban J connectivity index is 2.44. The summed E-state index contributed by atoms with van der Waals surface area (Å²) in [6.07, 6.45) is 0. The van der Waals surface area contributed by atoms with Crippen LogP contribution in [-0.2, 0) is 16.6 Å². The van der Waals surface area contributed by atoms with Crippen molar-refractivity contribution in [2.45, 2.75) is 55.4 Å².